The second-order valence-electron chi connectivity index (χ2n) is 6.87. The quantitative estimate of drug-likeness (QED) is 0.754. The van der Waals surface area contributed by atoms with E-state index in [9.17, 15) is 4.79 Å². The number of carbonyl (C=O) groups is 1. The Kier molecular flexibility index (Phi) is 5.23. The monoisotopic (exact) mass is 374 g/mol. The minimum atomic E-state index is 0.0716. The third-order valence-electron chi connectivity index (χ3n) is 5.08. The van der Waals surface area contributed by atoms with Gasteiger partial charge in [-0.3, -0.25) is 9.78 Å². The van der Waals surface area contributed by atoms with Gasteiger partial charge in [0.05, 0.1) is 5.56 Å². The van der Waals surface area contributed by atoms with Crippen LogP contribution in [-0.2, 0) is 0 Å². The lowest BCUT2D eigenvalue weighted by atomic mass is 9.89. The molecule has 0 aromatic carbocycles. The molecule has 3 aromatic heterocycles. The van der Waals surface area contributed by atoms with Crippen LogP contribution in [0, 0.1) is 6.92 Å². The fraction of sp³-hybridized carbons (Fsp3) is 0.286. The third-order valence-corrected chi connectivity index (χ3v) is 5.08. The van der Waals surface area contributed by atoms with Gasteiger partial charge >= 0.3 is 0 Å². The van der Waals surface area contributed by atoms with Crippen LogP contribution < -0.4 is 5.32 Å². The van der Waals surface area contributed by atoms with Gasteiger partial charge in [-0.05, 0) is 61.6 Å². The maximum absolute atomic E-state index is 12.8. The average molecular weight is 374 g/mol. The molecular weight excluding hydrogens is 352 g/mol. The van der Waals surface area contributed by atoms with E-state index in [4.69, 9.17) is 0 Å². The van der Waals surface area contributed by atoms with Crippen LogP contribution in [0.2, 0.25) is 0 Å². The van der Waals surface area contributed by atoms with Gasteiger partial charge in [0.1, 0.15) is 5.82 Å². The van der Waals surface area contributed by atoms with Gasteiger partial charge in [-0.25, -0.2) is 15.0 Å². The molecule has 1 amide bonds. The molecule has 4 heterocycles. The highest BCUT2D eigenvalue weighted by atomic mass is 16.2. The highest BCUT2D eigenvalue weighted by molar-refractivity contribution is 5.95. The molecule has 7 heteroatoms. The van der Waals surface area contributed by atoms with Crippen molar-refractivity contribution in [3.63, 3.8) is 0 Å². The lowest BCUT2D eigenvalue weighted by Crippen LogP contribution is -2.38. The van der Waals surface area contributed by atoms with E-state index < -0.39 is 0 Å². The Morgan fingerprint density at radius 2 is 1.75 bits per heavy atom. The summed E-state index contributed by atoms with van der Waals surface area (Å²) in [5.41, 5.74) is 2.69. The number of hydrogen-bond donors (Lipinski definition) is 1. The zero-order valence-electron chi connectivity index (χ0n) is 15.7. The standard InChI is InChI=1S/C21H22N6O/c1-15-18(4-2-8-22-15)20(28)27-12-6-16(7-13-27)17-5-11-23-19(14-17)26-21-24-9-3-10-25-21/h2-5,8-11,14,16H,6-7,12-13H2,1H3,(H,23,24,25,26). The molecule has 1 aliphatic heterocycles. The summed E-state index contributed by atoms with van der Waals surface area (Å²) >= 11 is 0. The van der Waals surface area contributed by atoms with Crippen molar-refractivity contribution in [2.75, 3.05) is 18.4 Å². The van der Waals surface area contributed by atoms with Crippen molar-refractivity contribution in [3.8, 4) is 0 Å². The number of amides is 1. The number of anilines is 2. The molecule has 7 nitrogen and oxygen atoms in total. The number of piperidine rings is 1. The molecule has 142 valence electrons. The molecule has 0 atom stereocenters. The van der Waals surface area contributed by atoms with Crippen molar-refractivity contribution in [1.29, 1.82) is 0 Å². The first-order valence-corrected chi connectivity index (χ1v) is 9.41. The normalized spacial score (nSPS) is 14.7. The van der Waals surface area contributed by atoms with E-state index >= 15 is 0 Å². The number of carbonyl (C=O) groups excluding carboxylic acids is 1. The van der Waals surface area contributed by atoms with E-state index in [-0.39, 0.29) is 5.91 Å². The molecule has 0 unspecified atom stereocenters. The fourth-order valence-corrected chi connectivity index (χ4v) is 3.54. The van der Waals surface area contributed by atoms with Gasteiger partial charge in [-0.2, -0.15) is 0 Å². The maximum atomic E-state index is 12.8. The summed E-state index contributed by atoms with van der Waals surface area (Å²) in [7, 11) is 0. The first kappa shape index (κ1) is 18.0. The van der Waals surface area contributed by atoms with E-state index in [1.54, 1.807) is 30.9 Å². The van der Waals surface area contributed by atoms with Gasteiger partial charge in [-0.1, -0.05) is 0 Å². The zero-order chi connectivity index (χ0) is 19.3. The van der Waals surface area contributed by atoms with Gasteiger partial charge in [0.2, 0.25) is 5.95 Å². The number of likely N-dealkylation sites (tertiary alicyclic amines) is 1. The summed E-state index contributed by atoms with van der Waals surface area (Å²) in [6.07, 6.45) is 8.75. The lowest BCUT2D eigenvalue weighted by molar-refractivity contribution is 0.0711. The summed E-state index contributed by atoms with van der Waals surface area (Å²) < 4.78 is 0. The Labute approximate surface area is 163 Å². The second kappa shape index (κ2) is 8.12. The van der Waals surface area contributed by atoms with Crippen molar-refractivity contribution in [3.05, 3.63) is 71.9 Å². The Bertz CT molecular complexity index is 954. The molecular formula is C21H22N6O. The summed E-state index contributed by atoms with van der Waals surface area (Å²) in [4.78, 5) is 31.6. The molecule has 0 radical (unpaired) electrons. The number of rotatable bonds is 4. The Hall–Kier alpha value is -3.35. The average Bonchev–Trinajstić information content (AvgIpc) is 2.75. The minimum absolute atomic E-state index is 0.0716. The van der Waals surface area contributed by atoms with E-state index in [1.165, 1.54) is 5.56 Å². The van der Waals surface area contributed by atoms with Crippen molar-refractivity contribution < 1.29 is 4.79 Å². The molecule has 1 aliphatic rings. The van der Waals surface area contributed by atoms with Crippen molar-refractivity contribution in [1.82, 2.24) is 24.8 Å². The van der Waals surface area contributed by atoms with E-state index in [0.717, 1.165) is 37.4 Å². The second-order valence-corrected chi connectivity index (χ2v) is 6.87. The predicted octanol–water partition coefficient (Wildman–Crippen LogP) is 3.34. The summed E-state index contributed by atoms with van der Waals surface area (Å²) in [5, 5.41) is 3.13. The number of aromatic nitrogens is 4. The molecule has 28 heavy (non-hydrogen) atoms. The smallest absolute Gasteiger partial charge is 0.255 e. The summed E-state index contributed by atoms with van der Waals surface area (Å²) in [5.74, 6) is 1.73. The van der Waals surface area contributed by atoms with Crippen LogP contribution in [0.15, 0.2) is 55.1 Å². The molecule has 0 spiro atoms. The molecule has 0 aliphatic carbocycles. The first-order valence-electron chi connectivity index (χ1n) is 9.41. The number of hydrogen-bond acceptors (Lipinski definition) is 6. The highest BCUT2D eigenvalue weighted by Gasteiger charge is 2.25. The van der Waals surface area contributed by atoms with Crippen LogP contribution >= 0.6 is 0 Å². The summed E-state index contributed by atoms with van der Waals surface area (Å²) in [6.45, 7) is 3.36. The van der Waals surface area contributed by atoms with Crippen LogP contribution in [-0.4, -0.2) is 43.8 Å². The van der Waals surface area contributed by atoms with Gasteiger partial charge in [-0.15, -0.1) is 0 Å². The Balaban J connectivity index is 1.41. The molecule has 3 aromatic rings. The van der Waals surface area contributed by atoms with Crippen LogP contribution in [0.3, 0.4) is 0 Å². The van der Waals surface area contributed by atoms with Crippen molar-refractivity contribution in [2.24, 2.45) is 0 Å². The minimum Gasteiger partial charge on any atom is -0.339 e. The maximum Gasteiger partial charge on any atom is 0.255 e. The fourth-order valence-electron chi connectivity index (χ4n) is 3.54. The molecule has 0 saturated carbocycles. The molecule has 4 rings (SSSR count). The Morgan fingerprint density at radius 3 is 2.50 bits per heavy atom. The number of aryl methyl sites for hydroxylation is 1. The molecule has 1 saturated heterocycles. The first-order chi connectivity index (χ1) is 13.7. The van der Waals surface area contributed by atoms with Crippen LogP contribution in [0.5, 0.6) is 0 Å². The predicted molar refractivity (Wildman–Crippen MR) is 106 cm³/mol. The number of nitrogens with zero attached hydrogens (tertiary/aromatic N) is 5. The molecule has 1 fully saturated rings. The van der Waals surface area contributed by atoms with Gasteiger partial charge < -0.3 is 10.2 Å². The molecule has 1 N–H and O–H groups in total. The van der Waals surface area contributed by atoms with Gasteiger partial charge in [0.25, 0.3) is 5.91 Å². The van der Waals surface area contributed by atoms with Gasteiger partial charge in [0, 0.05) is 43.6 Å². The van der Waals surface area contributed by atoms with Crippen molar-refractivity contribution in [2.45, 2.75) is 25.7 Å². The number of nitrogens with one attached hydrogen (secondary N) is 1. The highest BCUT2D eigenvalue weighted by Crippen LogP contribution is 2.30. The third kappa shape index (κ3) is 3.98. The topological polar surface area (TPSA) is 83.9 Å². The molecule has 0 bridgehead atoms. The van der Waals surface area contributed by atoms with E-state index in [2.05, 4.69) is 25.3 Å². The lowest BCUT2D eigenvalue weighted by Gasteiger charge is -2.32. The largest absolute Gasteiger partial charge is 0.339 e. The van der Waals surface area contributed by atoms with E-state index in [1.807, 2.05) is 36.1 Å². The van der Waals surface area contributed by atoms with Crippen LogP contribution in [0.25, 0.3) is 0 Å². The number of pyridine rings is 2. The van der Waals surface area contributed by atoms with Crippen LogP contribution in [0.1, 0.15) is 40.4 Å². The van der Waals surface area contributed by atoms with Gasteiger partial charge in [0.15, 0.2) is 0 Å². The van der Waals surface area contributed by atoms with E-state index in [0.29, 0.717) is 17.4 Å². The SMILES string of the molecule is Cc1ncccc1C(=O)N1CCC(c2ccnc(Nc3ncccn3)c2)CC1. The van der Waals surface area contributed by atoms with Crippen LogP contribution in [0.4, 0.5) is 11.8 Å². The van der Waals surface area contributed by atoms with Crippen molar-refractivity contribution >= 4 is 17.7 Å². The summed E-state index contributed by atoms with van der Waals surface area (Å²) in [6, 6.07) is 9.53. The zero-order valence-corrected chi connectivity index (χ0v) is 15.7. The Morgan fingerprint density at radius 1 is 1.00 bits per heavy atom.